The van der Waals surface area contributed by atoms with Crippen molar-refractivity contribution in [1.82, 2.24) is 0 Å². The van der Waals surface area contributed by atoms with Crippen LogP contribution in [-0.4, -0.2) is 78.7 Å². The molecular formula is C16H34O8Si3. The number of esters is 1. The summed E-state index contributed by atoms with van der Waals surface area (Å²) >= 11 is 0. The van der Waals surface area contributed by atoms with E-state index in [1.54, 1.807) is 0 Å². The topological polar surface area (TPSA) is 112 Å². The van der Waals surface area contributed by atoms with Crippen LogP contribution in [0.5, 0.6) is 0 Å². The Bertz CT molecular complexity index is 513. The molecule has 0 saturated carbocycles. The molecule has 158 valence electrons. The van der Waals surface area contributed by atoms with E-state index < -0.39 is 61.9 Å². The Morgan fingerprint density at radius 2 is 1.56 bits per heavy atom. The van der Waals surface area contributed by atoms with Crippen molar-refractivity contribution < 1.29 is 37.5 Å². The lowest BCUT2D eigenvalue weighted by molar-refractivity contribution is -0.152. The van der Waals surface area contributed by atoms with Crippen LogP contribution in [0.2, 0.25) is 51.9 Å². The minimum Gasteiger partial charge on any atom is -0.450 e. The van der Waals surface area contributed by atoms with Crippen molar-refractivity contribution >= 4 is 36.9 Å². The van der Waals surface area contributed by atoms with E-state index in [0.717, 1.165) is 0 Å². The molecule has 1 fully saturated rings. The molecule has 0 amide bonds. The first-order valence-electron chi connectivity index (χ1n) is 9.23. The highest BCUT2D eigenvalue weighted by Gasteiger charge is 2.48. The fourth-order valence-corrected chi connectivity index (χ4v) is 15.6. The van der Waals surface area contributed by atoms with Gasteiger partial charge in [-0.1, -0.05) is 0 Å². The van der Waals surface area contributed by atoms with Gasteiger partial charge < -0.3 is 27.9 Å². The Labute approximate surface area is 164 Å². The molecule has 0 aliphatic carbocycles. The Kier molecular flexibility index (Phi) is 8.57. The van der Waals surface area contributed by atoms with Gasteiger partial charge in [0.2, 0.25) is 0 Å². The summed E-state index contributed by atoms with van der Waals surface area (Å²) in [6.07, 6.45) is -3.12. The minimum absolute atomic E-state index is 0.203. The van der Waals surface area contributed by atoms with Crippen molar-refractivity contribution in [3.8, 4) is 0 Å². The predicted octanol–water partition coefficient (Wildman–Crippen LogP) is 1.38. The number of hydrogen-bond acceptors (Lipinski definition) is 8. The fraction of sp³-hybridized carbons (Fsp3) is 0.875. The van der Waals surface area contributed by atoms with E-state index >= 15 is 0 Å². The first-order valence-corrected chi connectivity index (χ1v) is 18.6. The SMILES string of the molecule is C[Si](C)(C)O[Si](C)(CCCOC1C(=O)C(=O)OC1C(O)CO)O[Si](C)(C)C. The van der Waals surface area contributed by atoms with Crippen LogP contribution in [0.25, 0.3) is 0 Å². The summed E-state index contributed by atoms with van der Waals surface area (Å²) in [6, 6.07) is 0.699. The maximum atomic E-state index is 11.9. The summed E-state index contributed by atoms with van der Waals surface area (Å²) < 4.78 is 23.2. The Hall–Kier alpha value is -0.409. The third-order valence-electron chi connectivity index (χ3n) is 3.68. The number of aliphatic hydroxyl groups is 2. The van der Waals surface area contributed by atoms with Crippen LogP contribution in [0.15, 0.2) is 0 Å². The first-order chi connectivity index (χ1) is 12.2. The number of ketones is 1. The maximum Gasteiger partial charge on any atom is 0.378 e. The van der Waals surface area contributed by atoms with Gasteiger partial charge >= 0.3 is 14.5 Å². The molecule has 27 heavy (non-hydrogen) atoms. The number of Topliss-reactive ketones (excluding diaryl/α,β-unsaturated/α-hetero) is 1. The molecule has 0 radical (unpaired) electrons. The maximum absolute atomic E-state index is 11.9. The van der Waals surface area contributed by atoms with Gasteiger partial charge in [0, 0.05) is 6.61 Å². The number of ether oxygens (including phenoxy) is 2. The molecule has 0 bridgehead atoms. The molecule has 1 heterocycles. The molecule has 1 aliphatic rings. The van der Waals surface area contributed by atoms with Gasteiger partial charge in [-0.3, -0.25) is 4.79 Å². The van der Waals surface area contributed by atoms with Crippen molar-refractivity contribution in [2.75, 3.05) is 13.2 Å². The normalized spacial score (nSPS) is 22.9. The molecule has 11 heteroatoms. The molecule has 8 nitrogen and oxygen atoms in total. The van der Waals surface area contributed by atoms with Crippen LogP contribution in [0.3, 0.4) is 0 Å². The highest BCUT2D eigenvalue weighted by Crippen LogP contribution is 2.26. The Balaban J connectivity index is 2.66. The zero-order valence-electron chi connectivity index (χ0n) is 17.4. The van der Waals surface area contributed by atoms with Crippen molar-refractivity contribution in [3.05, 3.63) is 0 Å². The third kappa shape index (κ3) is 8.23. The monoisotopic (exact) mass is 438 g/mol. The summed E-state index contributed by atoms with van der Waals surface area (Å²) in [6.45, 7) is 14.4. The minimum atomic E-state index is -2.40. The average Bonchev–Trinajstić information content (AvgIpc) is 2.75. The van der Waals surface area contributed by atoms with E-state index in [4.69, 9.17) is 22.8 Å². The number of carbonyl (C=O) groups is 2. The summed E-state index contributed by atoms with van der Waals surface area (Å²) in [5, 5.41) is 18.8. The highest BCUT2D eigenvalue weighted by atomic mass is 28.5. The van der Waals surface area contributed by atoms with E-state index in [-0.39, 0.29) is 6.61 Å². The van der Waals surface area contributed by atoms with Crippen LogP contribution in [-0.2, 0) is 27.3 Å². The van der Waals surface area contributed by atoms with Crippen molar-refractivity contribution in [2.45, 2.75) is 76.6 Å². The third-order valence-corrected chi connectivity index (χ3v) is 13.3. The van der Waals surface area contributed by atoms with E-state index in [0.29, 0.717) is 12.5 Å². The van der Waals surface area contributed by atoms with Crippen LogP contribution >= 0.6 is 0 Å². The zero-order valence-corrected chi connectivity index (χ0v) is 20.4. The van der Waals surface area contributed by atoms with Gasteiger partial charge in [-0.15, -0.1) is 0 Å². The van der Waals surface area contributed by atoms with Gasteiger partial charge in [-0.25, -0.2) is 4.79 Å². The van der Waals surface area contributed by atoms with Crippen LogP contribution < -0.4 is 0 Å². The zero-order chi connectivity index (χ0) is 21.0. The molecule has 0 aromatic heterocycles. The molecule has 0 spiro atoms. The van der Waals surface area contributed by atoms with Crippen molar-refractivity contribution in [2.24, 2.45) is 0 Å². The number of cyclic esters (lactones) is 1. The van der Waals surface area contributed by atoms with Crippen LogP contribution in [0, 0.1) is 0 Å². The number of carbonyl (C=O) groups excluding carboxylic acids is 2. The highest BCUT2D eigenvalue weighted by molar-refractivity contribution is 6.87. The fourth-order valence-electron chi connectivity index (χ4n) is 3.09. The summed E-state index contributed by atoms with van der Waals surface area (Å²) in [5.41, 5.74) is 0. The molecular weight excluding hydrogens is 404 g/mol. The van der Waals surface area contributed by atoms with E-state index in [1.807, 2.05) is 0 Å². The average molecular weight is 439 g/mol. The molecule has 0 aromatic rings. The van der Waals surface area contributed by atoms with Gasteiger partial charge in [0.15, 0.2) is 28.8 Å². The molecule has 1 rings (SSSR count). The lowest BCUT2D eigenvalue weighted by atomic mass is 10.1. The van der Waals surface area contributed by atoms with Crippen molar-refractivity contribution in [3.63, 3.8) is 0 Å². The van der Waals surface area contributed by atoms with E-state index in [2.05, 4.69) is 45.8 Å². The van der Waals surface area contributed by atoms with Gasteiger partial charge in [0.05, 0.1) is 6.61 Å². The molecule has 3 atom stereocenters. The predicted molar refractivity (Wildman–Crippen MR) is 108 cm³/mol. The molecule has 3 unspecified atom stereocenters. The van der Waals surface area contributed by atoms with E-state index in [9.17, 15) is 14.7 Å². The largest absolute Gasteiger partial charge is 0.450 e. The van der Waals surface area contributed by atoms with Gasteiger partial charge in [-0.05, 0) is 58.3 Å². The summed E-state index contributed by atoms with van der Waals surface area (Å²) in [5.74, 6) is -1.87. The second-order valence-electron chi connectivity index (χ2n) is 8.94. The molecule has 0 aromatic carbocycles. The Morgan fingerprint density at radius 3 is 2.00 bits per heavy atom. The quantitative estimate of drug-likeness (QED) is 0.215. The molecule has 1 aliphatic heterocycles. The second-order valence-corrected chi connectivity index (χ2v) is 21.8. The van der Waals surface area contributed by atoms with Crippen LogP contribution in [0.1, 0.15) is 6.42 Å². The number of aliphatic hydroxyl groups excluding tert-OH is 2. The lowest BCUT2D eigenvalue weighted by Crippen LogP contribution is -2.52. The van der Waals surface area contributed by atoms with Gasteiger partial charge in [-0.2, -0.15) is 0 Å². The van der Waals surface area contributed by atoms with Gasteiger partial charge in [0.1, 0.15) is 6.10 Å². The van der Waals surface area contributed by atoms with Crippen LogP contribution in [0.4, 0.5) is 0 Å². The van der Waals surface area contributed by atoms with Crippen molar-refractivity contribution in [1.29, 1.82) is 0 Å². The number of rotatable bonds is 11. The smallest absolute Gasteiger partial charge is 0.378 e. The second kappa shape index (κ2) is 9.39. The van der Waals surface area contributed by atoms with Gasteiger partial charge in [0.25, 0.3) is 5.78 Å². The molecule has 1 saturated heterocycles. The first kappa shape index (κ1) is 24.6. The summed E-state index contributed by atoms with van der Waals surface area (Å²) in [4.78, 5) is 23.3. The standard InChI is InChI=1S/C16H34O8Si3/c1-25(2,3)23-27(7,24-26(4,5)6)10-8-9-21-15-13(19)16(20)22-14(15)12(18)11-17/h12,14-15,17-18H,8-11H2,1-7H3. The van der Waals surface area contributed by atoms with E-state index in [1.165, 1.54) is 0 Å². The number of hydrogen-bond donors (Lipinski definition) is 2. The summed E-state index contributed by atoms with van der Waals surface area (Å²) in [7, 11) is -5.98. The lowest BCUT2D eigenvalue weighted by Gasteiger charge is -2.38. The Morgan fingerprint density at radius 1 is 1.04 bits per heavy atom. The molecule has 2 N–H and O–H groups in total.